The minimum atomic E-state index is 0.309. The second-order valence-electron chi connectivity index (χ2n) is 5.08. The standard InChI is InChI=1S/C15H19N3O/c16-10-4-3-7-14-17-15(18-19-14)13-9-8-11-5-1-2-6-12(11)13/h1-2,5-6,13H,3-4,7-10,16H2. The molecule has 0 bridgehead atoms. The maximum atomic E-state index is 5.48. The van der Waals surface area contributed by atoms with E-state index in [0.717, 1.165) is 50.4 Å². The normalized spacial score (nSPS) is 17.6. The number of nitrogens with zero attached hydrogens (tertiary/aromatic N) is 2. The lowest BCUT2D eigenvalue weighted by atomic mass is 10.0. The van der Waals surface area contributed by atoms with E-state index in [-0.39, 0.29) is 0 Å². The highest BCUT2D eigenvalue weighted by Crippen LogP contribution is 2.36. The first-order valence-electron chi connectivity index (χ1n) is 6.99. The lowest BCUT2D eigenvalue weighted by Gasteiger charge is -2.05. The van der Waals surface area contributed by atoms with E-state index < -0.39 is 0 Å². The SMILES string of the molecule is NCCCCc1nc(C2CCc3ccccc32)no1. The first-order chi connectivity index (χ1) is 9.38. The molecule has 4 heteroatoms. The molecule has 1 heterocycles. The van der Waals surface area contributed by atoms with Gasteiger partial charge in [-0.15, -0.1) is 0 Å². The molecular formula is C15H19N3O. The van der Waals surface area contributed by atoms with Gasteiger partial charge in [0, 0.05) is 12.3 Å². The molecule has 0 aliphatic heterocycles. The van der Waals surface area contributed by atoms with Gasteiger partial charge in [-0.3, -0.25) is 0 Å². The Morgan fingerprint density at radius 1 is 1.26 bits per heavy atom. The Labute approximate surface area is 113 Å². The average Bonchev–Trinajstić information content (AvgIpc) is 3.05. The van der Waals surface area contributed by atoms with Crippen LogP contribution in [0.4, 0.5) is 0 Å². The van der Waals surface area contributed by atoms with E-state index in [9.17, 15) is 0 Å². The number of benzene rings is 1. The molecule has 2 N–H and O–H groups in total. The highest BCUT2D eigenvalue weighted by molar-refractivity contribution is 5.38. The molecule has 1 aliphatic rings. The fraction of sp³-hybridized carbons (Fsp3) is 0.467. The van der Waals surface area contributed by atoms with E-state index in [2.05, 4.69) is 34.4 Å². The van der Waals surface area contributed by atoms with E-state index in [4.69, 9.17) is 10.3 Å². The molecule has 4 nitrogen and oxygen atoms in total. The van der Waals surface area contributed by atoms with Gasteiger partial charge in [-0.2, -0.15) is 4.98 Å². The van der Waals surface area contributed by atoms with Gasteiger partial charge in [0.05, 0.1) is 0 Å². The van der Waals surface area contributed by atoms with Crippen LogP contribution in [-0.2, 0) is 12.8 Å². The van der Waals surface area contributed by atoms with Crippen LogP contribution in [0.3, 0.4) is 0 Å². The molecule has 0 radical (unpaired) electrons. The zero-order valence-corrected chi connectivity index (χ0v) is 11.0. The highest BCUT2D eigenvalue weighted by Gasteiger charge is 2.27. The van der Waals surface area contributed by atoms with Crippen molar-refractivity contribution in [1.82, 2.24) is 10.1 Å². The molecule has 1 aromatic carbocycles. The Morgan fingerprint density at radius 2 is 2.16 bits per heavy atom. The molecule has 19 heavy (non-hydrogen) atoms. The molecule has 1 atom stereocenters. The Hall–Kier alpha value is -1.68. The third kappa shape index (κ3) is 2.54. The Balaban J connectivity index is 1.74. The van der Waals surface area contributed by atoms with Crippen molar-refractivity contribution in [2.75, 3.05) is 6.54 Å². The number of fused-ring (bicyclic) bond motifs is 1. The summed E-state index contributed by atoms with van der Waals surface area (Å²) in [6.45, 7) is 0.719. The van der Waals surface area contributed by atoms with Gasteiger partial charge < -0.3 is 10.3 Å². The van der Waals surface area contributed by atoms with Crippen molar-refractivity contribution < 1.29 is 4.52 Å². The first kappa shape index (κ1) is 12.4. The zero-order chi connectivity index (χ0) is 13.1. The minimum Gasteiger partial charge on any atom is -0.339 e. The van der Waals surface area contributed by atoms with Gasteiger partial charge in [0.15, 0.2) is 5.82 Å². The molecule has 0 spiro atoms. The zero-order valence-electron chi connectivity index (χ0n) is 11.0. The predicted molar refractivity (Wildman–Crippen MR) is 72.9 cm³/mol. The number of hydrogen-bond acceptors (Lipinski definition) is 4. The monoisotopic (exact) mass is 257 g/mol. The summed E-state index contributed by atoms with van der Waals surface area (Å²) in [6.07, 6.45) is 5.04. The predicted octanol–water partition coefficient (Wildman–Crippen LogP) is 2.43. The van der Waals surface area contributed by atoms with Gasteiger partial charge in [0.25, 0.3) is 0 Å². The molecule has 3 rings (SSSR count). The van der Waals surface area contributed by atoms with E-state index in [1.54, 1.807) is 0 Å². The molecule has 1 aromatic heterocycles. The van der Waals surface area contributed by atoms with Crippen molar-refractivity contribution >= 4 is 0 Å². The summed E-state index contributed by atoms with van der Waals surface area (Å²) >= 11 is 0. The molecule has 100 valence electrons. The fourth-order valence-corrected chi connectivity index (χ4v) is 2.76. The third-order valence-corrected chi connectivity index (χ3v) is 3.77. The Bertz CT molecular complexity index is 550. The van der Waals surface area contributed by atoms with Crippen LogP contribution in [0.15, 0.2) is 28.8 Å². The van der Waals surface area contributed by atoms with Crippen LogP contribution in [-0.4, -0.2) is 16.7 Å². The van der Waals surface area contributed by atoms with Crippen molar-refractivity contribution in [2.24, 2.45) is 5.73 Å². The van der Waals surface area contributed by atoms with Crippen LogP contribution >= 0.6 is 0 Å². The number of hydrogen-bond donors (Lipinski definition) is 1. The molecule has 2 aromatic rings. The van der Waals surface area contributed by atoms with Gasteiger partial charge in [-0.05, 0) is 43.4 Å². The lowest BCUT2D eigenvalue weighted by molar-refractivity contribution is 0.368. The second kappa shape index (κ2) is 5.53. The van der Waals surface area contributed by atoms with E-state index in [1.807, 2.05) is 0 Å². The largest absolute Gasteiger partial charge is 0.339 e. The van der Waals surface area contributed by atoms with Gasteiger partial charge >= 0.3 is 0 Å². The molecule has 0 saturated heterocycles. The molecular weight excluding hydrogens is 238 g/mol. The maximum absolute atomic E-state index is 5.48. The molecule has 0 saturated carbocycles. The lowest BCUT2D eigenvalue weighted by Crippen LogP contribution is -2.00. The van der Waals surface area contributed by atoms with Gasteiger partial charge in [-0.25, -0.2) is 0 Å². The molecule has 0 amide bonds. The van der Waals surface area contributed by atoms with Crippen LogP contribution in [0, 0.1) is 0 Å². The fourth-order valence-electron chi connectivity index (χ4n) is 2.76. The highest BCUT2D eigenvalue weighted by atomic mass is 16.5. The minimum absolute atomic E-state index is 0.309. The summed E-state index contributed by atoms with van der Waals surface area (Å²) < 4.78 is 5.34. The van der Waals surface area contributed by atoms with Crippen molar-refractivity contribution in [3.63, 3.8) is 0 Å². The average molecular weight is 257 g/mol. The number of nitrogens with two attached hydrogens (primary N) is 1. The van der Waals surface area contributed by atoms with Crippen molar-refractivity contribution in [3.8, 4) is 0 Å². The summed E-state index contributed by atoms with van der Waals surface area (Å²) in [7, 11) is 0. The maximum Gasteiger partial charge on any atom is 0.226 e. The summed E-state index contributed by atoms with van der Waals surface area (Å²) in [4.78, 5) is 4.54. The number of aromatic nitrogens is 2. The first-order valence-corrected chi connectivity index (χ1v) is 6.99. The topological polar surface area (TPSA) is 64.9 Å². The van der Waals surface area contributed by atoms with Gasteiger partial charge in [0.2, 0.25) is 5.89 Å². The van der Waals surface area contributed by atoms with Crippen molar-refractivity contribution in [2.45, 2.75) is 38.0 Å². The van der Waals surface area contributed by atoms with Crippen LogP contribution < -0.4 is 5.73 Å². The van der Waals surface area contributed by atoms with E-state index >= 15 is 0 Å². The van der Waals surface area contributed by atoms with Crippen LogP contribution in [0.5, 0.6) is 0 Å². The Kier molecular flexibility index (Phi) is 3.60. The number of rotatable bonds is 5. The van der Waals surface area contributed by atoms with Crippen LogP contribution in [0.2, 0.25) is 0 Å². The van der Waals surface area contributed by atoms with Crippen molar-refractivity contribution in [1.29, 1.82) is 0 Å². The smallest absolute Gasteiger partial charge is 0.226 e. The molecule has 1 aliphatic carbocycles. The van der Waals surface area contributed by atoms with Gasteiger partial charge in [0.1, 0.15) is 0 Å². The molecule has 1 unspecified atom stereocenters. The summed E-state index contributed by atoms with van der Waals surface area (Å²) in [6, 6.07) is 8.55. The summed E-state index contributed by atoms with van der Waals surface area (Å²) in [5, 5.41) is 4.16. The van der Waals surface area contributed by atoms with E-state index in [0.29, 0.717) is 5.92 Å². The quantitative estimate of drug-likeness (QED) is 0.835. The Morgan fingerprint density at radius 3 is 3.05 bits per heavy atom. The molecule has 0 fully saturated rings. The number of aryl methyl sites for hydroxylation is 2. The number of unbranched alkanes of at least 4 members (excludes halogenated alkanes) is 1. The third-order valence-electron chi connectivity index (χ3n) is 3.77. The van der Waals surface area contributed by atoms with E-state index in [1.165, 1.54) is 11.1 Å². The summed E-state index contributed by atoms with van der Waals surface area (Å²) in [5.74, 6) is 1.89. The second-order valence-corrected chi connectivity index (χ2v) is 5.08. The summed E-state index contributed by atoms with van der Waals surface area (Å²) in [5.41, 5.74) is 8.26. The van der Waals surface area contributed by atoms with Crippen LogP contribution in [0.1, 0.15) is 48.0 Å². The van der Waals surface area contributed by atoms with Crippen LogP contribution in [0.25, 0.3) is 0 Å². The van der Waals surface area contributed by atoms with Crippen molar-refractivity contribution in [3.05, 3.63) is 47.1 Å². The van der Waals surface area contributed by atoms with Gasteiger partial charge in [-0.1, -0.05) is 29.4 Å².